The summed E-state index contributed by atoms with van der Waals surface area (Å²) in [6, 6.07) is -0.882. The van der Waals surface area contributed by atoms with Gasteiger partial charge in [-0.05, 0) is 76.7 Å². The summed E-state index contributed by atoms with van der Waals surface area (Å²) in [5.41, 5.74) is 0. The number of phosphoric acid groups is 1. The highest BCUT2D eigenvalue weighted by molar-refractivity contribution is 7.47. The molecular formula is C60H106N2O7P+. The number of likely N-dealkylation sites (N-methyl/N-ethyl adjacent to an activating group) is 1. The van der Waals surface area contributed by atoms with Crippen LogP contribution in [-0.2, 0) is 27.9 Å². The Morgan fingerprint density at radius 3 is 1.41 bits per heavy atom. The number of esters is 1. The van der Waals surface area contributed by atoms with Gasteiger partial charge in [0.05, 0.1) is 33.8 Å². The van der Waals surface area contributed by atoms with E-state index >= 15 is 0 Å². The first kappa shape index (κ1) is 66.9. The number of ether oxygens (including phenoxy) is 1. The van der Waals surface area contributed by atoms with Gasteiger partial charge in [0.2, 0.25) is 5.91 Å². The molecular weight excluding hydrogens is 892 g/mol. The molecule has 1 amide bonds. The maximum atomic E-state index is 13.5. The number of unbranched alkanes of at least 4 members (excludes halogenated alkanes) is 24. The van der Waals surface area contributed by atoms with E-state index in [1.807, 2.05) is 94.1 Å². The van der Waals surface area contributed by atoms with Gasteiger partial charge < -0.3 is 19.4 Å². The molecule has 0 rings (SSSR count). The van der Waals surface area contributed by atoms with E-state index in [0.717, 1.165) is 70.6 Å². The van der Waals surface area contributed by atoms with Gasteiger partial charge in [0.25, 0.3) is 0 Å². The Labute approximate surface area is 430 Å². The number of hydrogen-bond acceptors (Lipinski definition) is 6. The van der Waals surface area contributed by atoms with E-state index in [1.165, 1.54) is 103 Å². The Morgan fingerprint density at radius 2 is 0.929 bits per heavy atom. The molecule has 0 aliphatic rings. The number of nitrogens with one attached hydrogen (secondary N) is 1. The number of carbonyl (C=O) groups excluding carboxylic acids is 2. The zero-order valence-electron chi connectivity index (χ0n) is 45.7. The van der Waals surface area contributed by atoms with Crippen molar-refractivity contribution in [1.82, 2.24) is 5.32 Å². The van der Waals surface area contributed by atoms with Gasteiger partial charge in [-0.3, -0.25) is 18.6 Å². The van der Waals surface area contributed by atoms with E-state index in [1.54, 1.807) is 0 Å². The fraction of sp³-hybridized carbons (Fsp3) is 0.700. The van der Waals surface area contributed by atoms with Crippen molar-refractivity contribution < 1.29 is 37.3 Å². The number of allylic oxidation sites excluding steroid dienone is 15. The van der Waals surface area contributed by atoms with Crippen LogP contribution in [0.4, 0.5) is 0 Å². The smallest absolute Gasteiger partial charge is 0.456 e. The Bertz CT molecular complexity index is 1520. The summed E-state index contributed by atoms with van der Waals surface area (Å²) in [5, 5.41) is 3.01. The number of carbonyl (C=O) groups is 2. The largest absolute Gasteiger partial charge is 0.472 e. The number of rotatable bonds is 49. The first-order valence-electron chi connectivity index (χ1n) is 28.1. The van der Waals surface area contributed by atoms with Gasteiger partial charge in [0, 0.05) is 12.8 Å². The van der Waals surface area contributed by atoms with Crippen molar-refractivity contribution in [2.24, 2.45) is 0 Å². The SMILES string of the molecule is CC\C=C/C=C/C=C/C=C\C=C\C=C\CCCCCC(=O)NC(COP(=O)(O)OCC[N+](C)(C)C)C(/C=C/CCCCCCCCCCCCC)OC(=O)CCCCC/C=C\CCCCCCCCC. The predicted octanol–water partition coefficient (Wildman–Crippen LogP) is 16.8. The summed E-state index contributed by atoms with van der Waals surface area (Å²) >= 11 is 0. The highest BCUT2D eigenvalue weighted by Gasteiger charge is 2.30. The van der Waals surface area contributed by atoms with Gasteiger partial charge in [0.15, 0.2) is 0 Å². The Balaban J connectivity index is 5.52. The quantitative estimate of drug-likeness (QED) is 0.0156. The minimum absolute atomic E-state index is 0.0241. The van der Waals surface area contributed by atoms with Crippen LogP contribution in [0.5, 0.6) is 0 Å². The highest BCUT2D eigenvalue weighted by atomic mass is 31.2. The van der Waals surface area contributed by atoms with Crippen molar-refractivity contribution in [3.63, 3.8) is 0 Å². The van der Waals surface area contributed by atoms with Crippen LogP contribution in [0.25, 0.3) is 0 Å². The first-order valence-corrected chi connectivity index (χ1v) is 29.6. The third-order valence-corrected chi connectivity index (χ3v) is 12.9. The molecule has 0 aliphatic carbocycles. The number of quaternary nitrogens is 1. The van der Waals surface area contributed by atoms with Crippen LogP contribution in [0.3, 0.4) is 0 Å². The third kappa shape index (κ3) is 49.9. The van der Waals surface area contributed by atoms with Gasteiger partial charge >= 0.3 is 13.8 Å². The summed E-state index contributed by atoms with van der Waals surface area (Å²) in [4.78, 5) is 37.5. The lowest BCUT2D eigenvalue weighted by Gasteiger charge is -2.27. The van der Waals surface area contributed by atoms with Gasteiger partial charge in [-0.1, -0.05) is 227 Å². The van der Waals surface area contributed by atoms with Crippen LogP contribution in [0, 0.1) is 0 Å². The van der Waals surface area contributed by atoms with Crippen molar-refractivity contribution in [2.75, 3.05) is 40.9 Å². The molecule has 0 aromatic rings. The van der Waals surface area contributed by atoms with Gasteiger partial charge in [0.1, 0.15) is 19.3 Å². The maximum Gasteiger partial charge on any atom is 0.472 e. The standard InChI is InChI=1S/C60H105N2O7P/c1-7-10-13-16-19-22-25-28-30-31-32-34-37-40-43-46-49-52-59(63)61-57(56-68-70(65,66)67-55-54-62(4,5)6)58(51-48-45-42-39-36-33-27-24-21-18-15-12-9-3)69-60(64)53-50-47-44-41-38-35-29-26-23-20-17-14-11-8-2/h10,13,16,19,22,25,28,30-32,34-35,37-38,48,51,57-58H,7-9,11-12,14-15,17-18,20-21,23-24,26-27,29,33,36,39-47,49-50,52-56H2,1-6H3,(H-,61,63,65,66)/p+1/b13-10-,19-16+,25-22+,30-28-,32-31+,37-34+,38-35-,51-48+. The first-order chi connectivity index (χ1) is 33.9. The van der Waals surface area contributed by atoms with Gasteiger partial charge in [-0.25, -0.2) is 4.57 Å². The van der Waals surface area contributed by atoms with Crippen LogP contribution >= 0.6 is 7.82 Å². The molecule has 0 spiro atoms. The average molecular weight is 998 g/mol. The number of amides is 1. The Kier molecular flexibility index (Phi) is 47.3. The highest BCUT2D eigenvalue weighted by Crippen LogP contribution is 2.43. The Hall–Kier alpha value is -3.07. The molecule has 0 heterocycles. The maximum absolute atomic E-state index is 13.5. The lowest BCUT2D eigenvalue weighted by atomic mass is 10.0. The molecule has 0 radical (unpaired) electrons. The monoisotopic (exact) mass is 998 g/mol. The molecule has 0 aliphatic heterocycles. The molecule has 3 atom stereocenters. The molecule has 70 heavy (non-hydrogen) atoms. The summed E-state index contributed by atoms with van der Waals surface area (Å²) in [6.07, 6.45) is 65.4. The second-order valence-corrected chi connectivity index (χ2v) is 21.3. The Morgan fingerprint density at radius 1 is 0.514 bits per heavy atom. The summed E-state index contributed by atoms with van der Waals surface area (Å²) in [7, 11) is 1.44. The van der Waals surface area contributed by atoms with E-state index < -0.39 is 20.0 Å². The topological polar surface area (TPSA) is 111 Å². The van der Waals surface area contributed by atoms with E-state index in [9.17, 15) is 19.0 Å². The lowest BCUT2D eigenvalue weighted by Crippen LogP contribution is -2.47. The van der Waals surface area contributed by atoms with Crippen molar-refractivity contribution in [3.05, 3.63) is 97.2 Å². The zero-order valence-corrected chi connectivity index (χ0v) is 46.6. The van der Waals surface area contributed by atoms with E-state index in [0.29, 0.717) is 23.9 Å². The van der Waals surface area contributed by atoms with E-state index in [-0.39, 0.29) is 37.9 Å². The van der Waals surface area contributed by atoms with Crippen molar-refractivity contribution in [3.8, 4) is 0 Å². The molecule has 0 aromatic carbocycles. The number of nitrogens with zero attached hydrogens (tertiary/aromatic N) is 1. The number of hydrogen-bond donors (Lipinski definition) is 2. The fourth-order valence-corrected chi connectivity index (χ4v) is 8.29. The third-order valence-electron chi connectivity index (χ3n) is 11.9. The summed E-state index contributed by atoms with van der Waals surface area (Å²) in [5.74, 6) is -0.581. The predicted molar refractivity (Wildman–Crippen MR) is 300 cm³/mol. The second kappa shape index (κ2) is 49.5. The van der Waals surface area contributed by atoms with Crippen LogP contribution in [0.2, 0.25) is 0 Å². The molecule has 2 N–H and O–H groups in total. The molecule has 10 heteroatoms. The van der Waals surface area contributed by atoms with Crippen molar-refractivity contribution in [1.29, 1.82) is 0 Å². The van der Waals surface area contributed by atoms with Crippen LogP contribution < -0.4 is 5.32 Å². The minimum Gasteiger partial charge on any atom is -0.456 e. The van der Waals surface area contributed by atoms with Crippen LogP contribution in [0.15, 0.2) is 97.2 Å². The van der Waals surface area contributed by atoms with E-state index in [2.05, 4.69) is 50.4 Å². The van der Waals surface area contributed by atoms with Gasteiger partial charge in [-0.15, -0.1) is 0 Å². The summed E-state index contributed by atoms with van der Waals surface area (Å²) < 4.78 is 30.5. The summed E-state index contributed by atoms with van der Waals surface area (Å²) in [6.45, 7) is 6.80. The molecule has 0 saturated carbocycles. The molecule has 0 saturated heterocycles. The molecule has 9 nitrogen and oxygen atoms in total. The number of phosphoric ester groups is 1. The van der Waals surface area contributed by atoms with Crippen molar-refractivity contribution >= 4 is 19.7 Å². The second-order valence-electron chi connectivity index (χ2n) is 19.9. The van der Waals surface area contributed by atoms with Crippen LogP contribution in [-0.4, -0.2) is 74.3 Å². The molecule has 0 fully saturated rings. The fourth-order valence-electron chi connectivity index (χ4n) is 7.55. The molecule has 3 unspecified atom stereocenters. The zero-order chi connectivity index (χ0) is 51.5. The van der Waals surface area contributed by atoms with Crippen molar-refractivity contribution in [2.45, 2.75) is 232 Å². The average Bonchev–Trinajstić information content (AvgIpc) is 3.32. The molecule has 402 valence electrons. The van der Waals surface area contributed by atoms with E-state index in [4.69, 9.17) is 13.8 Å². The molecule has 0 aromatic heterocycles. The minimum atomic E-state index is -4.46. The van der Waals surface area contributed by atoms with Crippen LogP contribution in [0.1, 0.15) is 220 Å². The lowest BCUT2D eigenvalue weighted by molar-refractivity contribution is -0.870. The normalized spacial score (nSPS) is 14.6. The molecule has 0 bridgehead atoms. The van der Waals surface area contributed by atoms with Gasteiger partial charge in [-0.2, -0.15) is 0 Å².